The van der Waals surface area contributed by atoms with E-state index in [1.54, 1.807) is 0 Å². The fourth-order valence-electron chi connectivity index (χ4n) is 1.79. The molecule has 0 aliphatic carbocycles. The first-order valence-corrected chi connectivity index (χ1v) is 5.58. The summed E-state index contributed by atoms with van der Waals surface area (Å²) < 4.78 is 26.7. The molecule has 6 heteroatoms. The van der Waals surface area contributed by atoms with Gasteiger partial charge >= 0.3 is 7.12 Å². The lowest BCUT2D eigenvalue weighted by atomic mass is 9.79. The van der Waals surface area contributed by atoms with Gasteiger partial charge in [0.1, 0.15) is 17.7 Å². The van der Waals surface area contributed by atoms with Crippen LogP contribution in [0.3, 0.4) is 0 Å². The zero-order chi connectivity index (χ0) is 14.0. The lowest BCUT2D eigenvalue weighted by Gasteiger charge is -2.14. The molecule has 0 heterocycles. The molecule has 0 saturated heterocycles. The van der Waals surface area contributed by atoms with Gasteiger partial charge in [-0.3, -0.25) is 0 Å². The van der Waals surface area contributed by atoms with E-state index in [1.165, 1.54) is 24.3 Å². The van der Waals surface area contributed by atoms with Gasteiger partial charge < -0.3 is 15.2 Å². The molecule has 0 amide bonds. The molecular formula is C13H11BF2O3. The van der Waals surface area contributed by atoms with Gasteiger partial charge in [0.25, 0.3) is 0 Å². The zero-order valence-electron chi connectivity index (χ0n) is 9.79. The van der Waals surface area contributed by atoms with Gasteiger partial charge in [0.05, 0.1) is 0 Å². The monoisotopic (exact) mass is 264 g/mol. The smallest absolute Gasteiger partial charge is 0.423 e. The van der Waals surface area contributed by atoms with Crippen molar-refractivity contribution in [3.8, 4) is 0 Å². The van der Waals surface area contributed by atoms with E-state index in [-0.39, 0.29) is 16.6 Å². The largest absolute Gasteiger partial charge is 0.488 e. The molecule has 0 fully saturated rings. The average Bonchev–Trinajstić information content (AvgIpc) is 2.38. The van der Waals surface area contributed by atoms with E-state index in [0.29, 0.717) is 0 Å². The Morgan fingerprint density at radius 3 is 2.37 bits per heavy atom. The first-order chi connectivity index (χ1) is 8.99. The van der Waals surface area contributed by atoms with Gasteiger partial charge in [0, 0.05) is 5.56 Å². The van der Waals surface area contributed by atoms with Crippen LogP contribution in [-0.4, -0.2) is 22.3 Å². The Labute approximate surface area is 108 Å². The molecule has 0 spiro atoms. The number of aliphatic hydroxyl groups excluding tert-OH is 1. The molecule has 0 saturated carbocycles. The van der Waals surface area contributed by atoms with E-state index >= 15 is 0 Å². The van der Waals surface area contributed by atoms with E-state index in [4.69, 9.17) is 10.0 Å². The maximum absolute atomic E-state index is 13.7. The van der Waals surface area contributed by atoms with Gasteiger partial charge in [-0.25, -0.2) is 8.78 Å². The Morgan fingerprint density at radius 1 is 1.00 bits per heavy atom. The number of hydrogen-bond donors (Lipinski definition) is 3. The van der Waals surface area contributed by atoms with Crippen molar-refractivity contribution in [3.63, 3.8) is 0 Å². The van der Waals surface area contributed by atoms with Crippen molar-refractivity contribution in [2.45, 2.75) is 6.10 Å². The second kappa shape index (κ2) is 5.48. The minimum absolute atomic E-state index is 0.0480. The molecule has 2 rings (SSSR count). The Bertz CT molecular complexity index is 590. The zero-order valence-corrected chi connectivity index (χ0v) is 9.79. The van der Waals surface area contributed by atoms with Crippen LogP contribution in [0.15, 0.2) is 42.5 Å². The Kier molecular flexibility index (Phi) is 3.94. The molecule has 0 aromatic heterocycles. The van der Waals surface area contributed by atoms with Crippen molar-refractivity contribution in [3.05, 3.63) is 65.2 Å². The molecule has 3 N–H and O–H groups in total. The van der Waals surface area contributed by atoms with Gasteiger partial charge in [0.15, 0.2) is 0 Å². The van der Waals surface area contributed by atoms with Crippen molar-refractivity contribution in [1.29, 1.82) is 0 Å². The van der Waals surface area contributed by atoms with Gasteiger partial charge in [-0.05, 0) is 29.2 Å². The van der Waals surface area contributed by atoms with Crippen LogP contribution in [0.2, 0.25) is 0 Å². The van der Waals surface area contributed by atoms with Gasteiger partial charge in [-0.2, -0.15) is 0 Å². The molecule has 3 nitrogen and oxygen atoms in total. The van der Waals surface area contributed by atoms with Crippen LogP contribution in [0.1, 0.15) is 17.2 Å². The van der Waals surface area contributed by atoms with Gasteiger partial charge in [-0.15, -0.1) is 0 Å². The normalized spacial score (nSPS) is 12.3. The molecule has 98 valence electrons. The third-order valence-corrected chi connectivity index (χ3v) is 2.78. The molecule has 2 aromatic rings. The Morgan fingerprint density at radius 2 is 1.74 bits per heavy atom. The Hall–Kier alpha value is -1.76. The van der Waals surface area contributed by atoms with Crippen molar-refractivity contribution in [1.82, 2.24) is 0 Å². The first-order valence-electron chi connectivity index (χ1n) is 5.58. The summed E-state index contributed by atoms with van der Waals surface area (Å²) in [7, 11) is -1.76. The van der Waals surface area contributed by atoms with Gasteiger partial charge in [0.2, 0.25) is 0 Å². The molecule has 1 unspecified atom stereocenters. The van der Waals surface area contributed by atoms with E-state index < -0.39 is 24.9 Å². The molecule has 1 atom stereocenters. The summed E-state index contributed by atoms with van der Waals surface area (Å²) in [4.78, 5) is 0. The van der Waals surface area contributed by atoms with Gasteiger partial charge in [-0.1, -0.05) is 24.3 Å². The van der Waals surface area contributed by atoms with Crippen molar-refractivity contribution in [2.75, 3.05) is 0 Å². The molecular weight excluding hydrogens is 253 g/mol. The molecule has 19 heavy (non-hydrogen) atoms. The van der Waals surface area contributed by atoms with Crippen LogP contribution < -0.4 is 5.46 Å². The number of rotatable bonds is 3. The summed E-state index contributed by atoms with van der Waals surface area (Å²) in [6.07, 6.45) is -1.38. The van der Waals surface area contributed by atoms with Crippen LogP contribution in [0, 0.1) is 11.6 Å². The summed E-state index contributed by atoms with van der Waals surface area (Å²) in [5.41, 5.74) is 0.0894. The fraction of sp³-hybridized carbons (Fsp3) is 0.0769. The average molecular weight is 264 g/mol. The molecule has 0 aliphatic rings. The summed E-state index contributed by atoms with van der Waals surface area (Å²) in [6, 6.07) is 8.50. The second-order valence-corrected chi connectivity index (χ2v) is 4.11. The fourth-order valence-corrected chi connectivity index (χ4v) is 1.79. The molecule has 0 aliphatic heterocycles. The second-order valence-electron chi connectivity index (χ2n) is 4.11. The van der Waals surface area contributed by atoms with Crippen molar-refractivity contribution >= 4 is 12.6 Å². The molecule has 0 bridgehead atoms. The van der Waals surface area contributed by atoms with Crippen molar-refractivity contribution in [2.24, 2.45) is 0 Å². The highest BCUT2D eigenvalue weighted by molar-refractivity contribution is 6.58. The van der Waals surface area contributed by atoms with Crippen LogP contribution >= 0.6 is 0 Å². The van der Waals surface area contributed by atoms with E-state index in [9.17, 15) is 13.9 Å². The van der Waals surface area contributed by atoms with E-state index in [1.807, 2.05) is 0 Å². The number of hydrogen-bond acceptors (Lipinski definition) is 3. The number of aliphatic hydroxyl groups is 1. The standard InChI is InChI=1S/C13H11BF2O3/c15-10-3-1-2-8(6-10)13(17)11-7-9(14(18)19)4-5-12(11)16/h1-7,13,17-19H. The first kappa shape index (κ1) is 13.7. The van der Waals surface area contributed by atoms with Crippen LogP contribution in [0.25, 0.3) is 0 Å². The quantitative estimate of drug-likeness (QED) is 0.716. The predicted octanol–water partition coefficient (Wildman–Crippen LogP) is 0.726. The maximum Gasteiger partial charge on any atom is 0.488 e. The SMILES string of the molecule is OB(O)c1ccc(F)c(C(O)c2cccc(F)c2)c1. The molecule has 2 aromatic carbocycles. The minimum atomic E-state index is -1.76. The van der Waals surface area contributed by atoms with Crippen LogP contribution in [-0.2, 0) is 0 Å². The summed E-state index contributed by atoms with van der Waals surface area (Å²) >= 11 is 0. The molecule has 0 radical (unpaired) electrons. The number of benzene rings is 2. The maximum atomic E-state index is 13.7. The van der Waals surface area contributed by atoms with Crippen LogP contribution in [0.5, 0.6) is 0 Å². The highest BCUT2D eigenvalue weighted by Crippen LogP contribution is 2.24. The Balaban J connectivity index is 2.43. The summed E-state index contributed by atoms with van der Waals surface area (Å²) in [5, 5.41) is 28.1. The minimum Gasteiger partial charge on any atom is -0.423 e. The highest BCUT2D eigenvalue weighted by atomic mass is 19.1. The third-order valence-electron chi connectivity index (χ3n) is 2.78. The third kappa shape index (κ3) is 2.98. The van der Waals surface area contributed by atoms with E-state index in [2.05, 4.69) is 0 Å². The lowest BCUT2D eigenvalue weighted by Crippen LogP contribution is -2.30. The summed E-state index contributed by atoms with van der Waals surface area (Å²) in [6.45, 7) is 0. The predicted molar refractivity (Wildman–Crippen MR) is 66.7 cm³/mol. The summed E-state index contributed by atoms with van der Waals surface area (Å²) in [5.74, 6) is -1.25. The topological polar surface area (TPSA) is 60.7 Å². The number of halogens is 2. The van der Waals surface area contributed by atoms with E-state index in [0.717, 1.165) is 18.2 Å². The van der Waals surface area contributed by atoms with Crippen LogP contribution in [0.4, 0.5) is 8.78 Å². The van der Waals surface area contributed by atoms with Crippen molar-refractivity contribution < 1.29 is 23.9 Å². The highest BCUT2D eigenvalue weighted by Gasteiger charge is 2.19. The lowest BCUT2D eigenvalue weighted by molar-refractivity contribution is 0.214.